The van der Waals surface area contributed by atoms with Gasteiger partial charge in [-0.1, -0.05) is 48.0 Å². The third-order valence-corrected chi connectivity index (χ3v) is 4.57. The zero-order valence-corrected chi connectivity index (χ0v) is 17.2. The van der Waals surface area contributed by atoms with E-state index in [1.807, 2.05) is 49.4 Å². The standard InChI is InChI=1S/C21H24N2O4S/c1-15-10-12-17(13-11-15)28-19(23(25)26)14-18(16-8-6-5-7-9-16)22-20(24)27-21(2,3)4/h5-14,18H,1-4H3,(H,22,24)/b19-14-/t18-/m1/s1. The van der Waals surface area contributed by atoms with Gasteiger partial charge in [0.1, 0.15) is 5.60 Å². The molecule has 2 rings (SSSR count). The van der Waals surface area contributed by atoms with Gasteiger partial charge in [-0.15, -0.1) is 0 Å². The Morgan fingerprint density at radius 2 is 1.75 bits per heavy atom. The van der Waals surface area contributed by atoms with Gasteiger partial charge in [0.25, 0.3) is 0 Å². The molecule has 0 heterocycles. The second kappa shape index (κ2) is 9.41. The van der Waals surface area contributed by atoms with Crippen LogP contribution < -0.4 is 5.32 Å². The number of aryl methyl sites for hydroxylation is 1. The molecule has 0 aliphatic heterocycles. The predicted molar refractivity (Wildman–Crippen MR) is 111 cm³/mol. The molecule has 0 spiro atoms. The molecule has 0 fully saturated rings. The van der Waals surface area contributed by atoms with Crippen LogP contribution in [0.1, 0.15) is 37.9 Å². The lowest BCUT2D eigenvalue weighted by atomic mass is 10.1. The largest absolute Gasteiger partial charge is 0.444 e. The molecule has 0 bridgehead atoms. The molecule has 0 radical (unpaired) electrons. The molecule has 0 saturated carbocycles. The summed E-state index contributed by atoms with van der Waals surface area (Å²) in [5, 5.41) is 14.3. The number of hydrogen-bond donors (Lipinski definition) is 1. The highest BCUT2D eigenvalue weighted by molar-refractivity contribution is 8.02. The number of amides is 1. The molecule has 0 unspecified atom stereocenters. The number of hydrogen-bond acceptors (Lipinski definition) is 5. The van der Waals surface area contributed by atoms with E-state index in [2.05, 4.69) is 5.32 Å². The topological polar surface area (TPSA) is 81.5 Å². The summed E-state index contributed by atoms with van der Waals surface area (Å²) in [5.74, 6) is 0. The van der Waals surface area contributed by atoms with Crippen LogP contribution in [0.5, 0.6) is 0 Å². The zero-order valence-electron chi connectivity index (χ0n) is 16.3. The van der Waals surface area contributed by atoms with Crippen LogP contribution in [0.15, 0.2) is 70.6 Å². The number of nitrogens with zero attached hydrogens (tertiary/aromatic N) is 1. The Hall–Kier alpha value is -2.80. The molecule has 2 aromatic rings. The first-order chi connectivity index (χ1) is 13.1. The Morgan fingerprint density at radius 1 is 1.14 bits per heavy atom. The van der Waals surface area contributed by atoms with Crippen molar-refractivity contribution in [1.82, 2.24) is 5.32 Å². The highest BCUT2D eigenvalue weighted by Crippen LogP contribution is 2.30. The van der Waals surface area contributed by atoms with Crippen LogP contribution >= 0.6 is 11.8 Å². The van der Waals surface area contributed by atoms with E-state index >= 15 is 0 Å². The molecule has 2 aromatic carbocycles. The van der Waals surface area contributed by atoms with E-state index in [0.29, 0.717) is 0 Å². The number of thioether (sulfide) groups is 1. The number of alkyl carbamates (subject to hydrolysis) is 1. The molecule has 28 heavy (non-hydrogen) atoms. The van der Waals surface area contributed by atoms with Gasteiger partial charge in [-0.3, -0.25) is 10.1 Å². The van der Waals surface area contributed by atoms with Gasteiger partial charge in [0, 0.05) is 11.0 Å². The lowest BCUT2D eigenvalue weighted by Gasteiger charge is -2.22. The Morgan fingerprint density at radius 3 is 2.29 bits per heavy atom. The summed E-state index contributed by atoms with van der Waals surface area (Å²) in [6.07, 6.45) is 0.796. The fourth-order valence-electron chi connectivity index (χ4n) is 2.32. The minimum Gasteiger partial charge on any atom is -0.444 e. The van der Waals surface area contributed by atoms with E-state index in [9.17, 15) is 14.9 Å². The van der Waals surface area contributed by atoms with Crippen LogP contribution in [0.2, 0.25) is 0 Å². The van der Waals surface area contributed by atoms with E-state index in [1.165, 1.54) is 6.08 Å². The molecule has 0 aliphatic rings. The summed E-state index contributed by atoms with van der Waals surface area (Å²) in [5.41, 5.74) is 1.12. The second-order valence-electron chi connectivity index (χ2n) is 7.21. The normalized spacial score (nSPS) is 12.9. The summed E-state index contributed by atoms with van der Waals surface area (Å²) >= 11 is 1.04. The number of nitrogens with one attached hydrogen (secondary N) is 1. The third kappa shape index (κ3) is 7.08. The molecule has 1 N–H and O–H groups in total. The molecule has 0 aromatic heterocycles. The van der Waals surface area contributed by atoms with Crippen LogP contribution in [-0.2, 0) is 4.74 Å². The fraction of sp³-hybridized carbons (Fsp3) is 0.286. The maximum absolute atomic E-state index is 12.3. The lowest BCUT2D eigenvalue weighted by molar-refractivity contribution is -0.410. The third-order valence-electron chi connectivity index (χ3n) is 3.56. The minimum absolute atomic E-state index is 0.0752. The quantitative estimate of drug-likeness (QED) is 0.395. The van der Waals surface area contributed by atoms with E-state index in [-0.39, 0.29) is 5.03 Å². The van der Waals surface area contributed by atoms with E-state index in [1.54, 1.807) is 32.9 Å². The fourth-order valence-corrected chi connectivity index (χ4v) is 3.11. The van der Waals surface area contributed by atoms with Crippen LogP contribution in [0.4, 0.5) is 4.79 Å². The van der Waals surface area contributed by atoms with Crippen molar-refractivity contribution in [3.8, 4) is 0 Å². The molecule has 148 valence electrons. The van der Waals surface area contributed by atoms with Crippen molar-refractivity contribution in [3.05, 3.63) is 86.9 Å². The van der Waals surface area contributed by atoms with Gasteiger partial charge in [0.15, 0.2) is 0 Å². The molecule has 1 amide bonds. The molecule has 7 heteroatoms. The van der Waals surface area contributed by atoms with Gasteiger partial charge >= 0.3 is 11.1 Å². The molecule has 0 aliphatic carbocycles. The lowest BCUT2D eigenvalue weighted by Crippen LogP contribution is -2.34. The predicted octanol–water partition coefficient (Wildman–Crippen LogP) is 5.47. The van der Waals surface area contributed by atoms with Crippen LogP contribution in [0.25, 0.3) is 0 Å². The van der Waals surface area contributed by atoms with Crippen LogP contribution in [-0.4, -0.2) is 16.6 Å². The summed E-state index contributed by atoms with van der Waals surface area (Å²) in [6, 6.07) is 15.8. The van der Waals surface area contributed by atoms with Crippen LogP contribution in [0, 0.1) is 17.0 Å². The van der Waals surface area contributed by atoms with Gasteiger partial charge < -0.3 is 10.1 Å². The number of carbonyl (C=O) groups excluding carboxylic acids is 1. The Balaban J connectivity index is 2.32. The van der Waals surface area contributed by atoms with Gasteiger partial charge in [0.05, 0.1) is 11.0 Å². The first-order valence-corrected chi connectivity index (χ1v) is 9.61. The summed E-state index contributed by atoms with van der Waals surface area (Å²) in [6.45, 7) is 7.23. The average molecular weight is 401 g/mol. The number of ether oxygens (including phenoxy) is 1. The Kier molecular flexibility index (Phi) is 7.23. The highest BCUT2D eigenvalue weighted by Gasteiger charge is 2.23. The first kappa shape index (κ1) is 21.5. The van der Waals surface area contributed by atoms with Crippen molar-refractivity contribution in [2.75, 3.05) is 0 Å². The second-order valence-corrected chi connectivity index (χ2v) is 8.31. The van der Waals surface area contributed by atoms with Gasteiger partial charge in [-0.25, -0.2) is 4.79 Å². The van der Waals surface area contributed by atoms with Crippen molar-refractivity contribution in [1.29, 1.82) is 0 Å². The van der Waals surface area contributed by atoms with E-state index < -0.39 is 22.7 Å². The maximum atomic E-state index is 12.3. The highest BCUT2D eigenvalue weighted by atomic mass is 32.2. The van der Waals surface area contributed by atoms with Gasteiger partial charge in [-0.2, -0.15) is 0 Å². The Bertz CT molecular complexity index is 843. The van der Waals surface area contributed by atoms with Crippen molar-refractivity contribution >= 4 is 17.9 Å². The van der Waals surface area contributed by atoms with E-state index in [4.69, 9.17) is 4.74 Å². The van der Waals surface area contributed by atoms with Gasteiger partial charge in [-0.05, 0) is 57.2 Å². The molecular formula is C21H24N2O4S. The summed E-state index contributed by atoms with van der Waals surface area (Å²) < 4.78 is 5.31. The van der Waals surface area contributed by atoms with Crippen molar-refractivity contribution in [3.63, 3.8) is 0 Å². The molecular weight excluding hydrogens is 376 g/mol. The number of benzene rings is 2. The van der Waals surface area contributed by atoms with Crippen LogP contribution in [0.3, 0.4) is 0 Å². The minimum atomic E-state index is -0.700. The van der Waals surface area contributed by atoms with Crippen molar-refractivity contribution in [2.45, 2.75) is 44.2 Å². The zero-order chi connectivity index (χ0) is 20.7. The summed E-state index contributed by atoms with van der Waals surface area (Å²) in [4.78, 5) is 24.2. The molecule has 6 nitrogen and oxygen atoms in total. The molecule has 1 atom stereocenters. The monoisotopic (exact) mass is 400 g/mol. The number of nitro groups is 1. The number of carbonyl (C=O) groups is 1. The van der Waals surface area contributed by atoms with E-state index in [0.717, 1.165) is 27.8 Å². The molecule has 0 saturated heterocycles. The Labute approximate surface area is 169 Å². The first-order valence-electron chi connectivity index (χ1n) is 8.79. The average Bonchev–Trinajstić information content (AvgIpc) is 2.61. The number of rotatable bonds is 6. The van der Waals surface area contributed by atoms with Crippen molar-refractivity contribution in [2.24, 2.45) is 0 Å². The van der Waals surface area contributed by atoms with Crippen molar-refractivity contribution < 1.29 is 14.5 Å². The summed E-state index contributed by atoms with van der Waals surface area (Å²) in [7, 11) is 0. The SMILES string of the molecule is Cc1ccc(S/C(=C\[C@@H](NC(=O)OC(C)(C)C)c2ccccc2)[N+](=O)[O-])cc1. The maximum Gasteiger partial charge on any atom is 0.408 e. The van der Waals surface area contributed by atoms with Gasteiger partial charge in [0.2, 0.25) is 0 Å². The smallest absolute Gasteiger partial charge is 0.408 e.